The molecule has 0 fully saturated rings. The van der Waals surface area contributed by atoms with Gasteiger partial charge in [0.1, 0.15) is 5.60 Å². The van der Waals surface area contributed by atoms with E-state index in [0.29, 0.717) is 12.0 Å². The van der Waals surface area contributed by atoms with E-state index in [4.69, 9.17) is 4.74 Å². The van der Waals surface area contributed by atoms with Crippen molar-refractivity contribution in [2.75, 3.05) is 6.54 Å². The van der Waals surface area contributed by atoms with Crippen LogP contribution in [0, 0.1) is 5.92 Å². The number of ether oxygens (including phenoxy) is 1. The predicted octanol–water partition coefficient (Wildman–Crippen LogP) is 2.92. The van der Waals surface area contributed by atoms with Gasteiger partial charge in [0.2, 0.25) is 0 Å². The van der Waals surface area contributed by atoms with Crippen LogP contribution in [0.4, 0.5) is 4.79 Å². The largest absolute Gasteiger partial charge is 0.444 e. The first kappa shape index (κ1) is 17.2. The third-order valence-electron chi connectivity index (χ3n) is 3.01. The van der Waals surface area contributed by atoms with Gasteiger partial charge in [-0.25, -0.2) is 4.79 Å². The van der Waals surface area contributed by atoms with Crippen molar-refractivity contribution in [1.82, 2.24) is 10.6 Å². The second-order valence-electron chi connectivity index (χ2n) is 6.13. The standard InChI is InChI=1S/C14H30N2O2/c1-8-10(2)12(4)15-9-11(3)16-13(17)18-14(5,6)7/h10-12,15H,8-9H2,1-7H3,(H,16,17). The first-order valence-corrected chi connectivity index (χ1v) is 6.88. The fourth-order valence-electron chi connectivity index (χ4n) is 1.48. The molecule has 0 spiro atoms. The lowest BCUT2D eigenvalue weighted by atomic mass is 10.0. The molecule has 0 aromatic rings. The van der Waals surface area contributed by atoms with Gasteiger partial charge in [-0.2, -0.15) is 0 Å². The molecule has 0 aliphatic heterocycles. The summed E-state index contributed by atoms with van der Waals surface area (Å²) in [7, 11) is 0. The number of alkyl carbamates (subject to hydrolysis) is 1. The molecule has 0 rings (SSSR count). The van der Waals surface area contributed by atoms with E-state index in [1.807, 2.05) is 27.7 Å². The zero-order valence-electron chi connectivity index (χ0n) is 13.0. The Hall–Kier alpha value is -0.770. The van der Waals surface area contributed by atoms with Gasteiger partial charge in [0.15, 0.2) is 0 Å². The topological polar surface area (TPSA) is 50.4 Å². The van der Waals surface area contributed by atoms with Gasteiger partial charge in [-0.3, -0.25) is 0 Å². The summed E-state index contributed by atoms with van der Waals surface area (Å²) in [6.45, 7) is 14.9. The van der Waals surface area contributed by atoms with E-state index < -0.39 is 5.60 Å². The average molecular weight is 258 g/mol. The molecule has 3 atom stereocenters. The number of hydrogen-bond acceptors (Lipinski definition) is 3. The zero-order chi connectivity index (χ0) is 14.3. The molecule has 0 bridgehead atoms. The van der Waals surface area contributed by atoms with Gasteiger partial charge in [0.25, 0.3) is 0 Å². The predicted molar refractivity (Wildman–Crippen MR) is 75.8 cm³/mol. The van der Waals surface area contributed by atoms with Crippen molar-refractivity contribution in [2.45, 2.75) is 72.6 Å². The maximum Gasteiger partial charge on any atom is 0.407 e. The molecule has 0 saturated heterocycles. The van der Waals surface area contributed by atoms with Crippen LogP contribution in [-0.2, 0) is 4.74 Å². The van der Waals surface area contributed by atoms with Crippen molar-refractivity contribution in [3.8, 4) is 0 Å². The first-order chi connectivity index (χ1) is 8.15. The number of nitrogens with one attached hydrogen (secondary N) is 2. The lowest BCUT2D eigenvalue weighted by Crippen LogP contribution is -2.45. The molecule has 4 nitrogen and oxygen atoms in total. The van der Waals surface area contributed by atoms with Crippen molar-refractivity contribution in [3.05, 3.63) is 0 Å². The van der Waals surface area contributed by atoms with Gasteiger partial charge < -0.3 is 15.4 Å². The molecule has 0 aromatic heterocycles. The van der Waals surface area contributed by atoms with Crippen LogP contribution >= 0.6 is 0 Å². The Morgan fingerprint density at radius 2 is 1.78 bits per heavy atom. The Morgan fingerprint density at radius 3 is 2.22 bits per heavy atom. The molecular formula is C14H30N2O2. The van der Waals surface area contributed by atoms with Crippen LogP contribution in [-0.4, -0.2) is 30.3 Å². The molecule has 18 heavy (non-hydrogen) atoms. The quantitative estimate of drug-likeness (QED) is 0.770. The lowest BCUT2D eigenvalue weighted by molar-refractivity contribution is 0.0507. The summed E-state index contributed by atoms with van der Waals surface area (Å²) in [5.74, 6) is 0.638. The van der Waals surface area contributed by atoms with Gasteiger partial charge in [-0.05, 0) is 40.5 Å². The Bertz CT molecular complexity index is 249. The van der Waals surface area contributed by atoms with Crippen molar-refractivity contribution in [2.24, 2.45) is 5.92 Å². The van der Waals surface area contributed by atoms with Crippen LogP contribution in [0.5, 0.6) is 0 Å². The molecule has 108 valence electrons. The number of rotatable bonds is 6. The zero-order valence-corrected chi connectivity index (χ0v) is 13.0. The van der Waals surface area contributed by atoms with E-state index in [-0.39, 0.29) is 12.1 Å². The second-order valence-corrected chi connectivity index (χ2v) is 6.13. The van der Waals surface area contributed by atoms with Gasteiger partial charge in [-0.1, -0.05) is 20.3 Å². The third kappa shape index (κ3) is 8.34. The molecule has 0 aliphatic rings. The van der Waals surface area contributed by atoms with E-state index in [2.05, 4.69) is 31.4 Å². The van der Waals surface area contributed by atoms with Gasteiger partial charge >= 0.3 is 6.09 Å². The number of hydrogen-bond donors (Lipinski definition) is 2. The fraction of sp³-hybridized carbons (Fsp3) is 0.929. The Labute approximate surface area is 112 Å². The van der Waals surface area contributed by atoms with Crippen LogP contribution < -0.4 is 10.6 Å². The molecule has 1 amide bonds. The Kier molecular flexibility index (Phi) is 7.29. The van der Waals surface area contributed by atoms with Gasteiger partial charge in [0.05, 0.1) is 0 Å². The van der Waals surface area contributed by atoms with Crippen molar-refractivity contribution in [1.29, 1.82) is 0 Å². The monoisotopic (exact) mass is 258 g/mol. The van der Waals surface area contributed by atoms with E-state index in [0.717, 1.165) is 13.0 Å². The molecule has 4 heteroatoms. The number of carbonyl (C=O) groups is 1. The molecule has 0 aromatic carbocycles. The number of carbonyl (C=O) groups excluding carboxylic acids is 1. The van der Waals surface area contributed by atoms with Crippen molar-refractivity contribution >= 4 is 6.09 Å². The smallest absolute Gasteiger partial charge is 0.407 e. The SMILES string of the molecule is CCC(C)C(C)NCC(C)NC(=O)OC(C)(C)C. The lowest BCUT2D eigenvalue weighted by Gasteiger charge is -2.24. The van der Waals surface area contributed by atoms with Crippen molar-refractivity contribution < 1.29 is 9.53 Å². The van der Waals surface area contributed by atoms with Crippen LogP contribution in [0.15, 0.2) is 0 Å². The molecule has 0 aliphatic carbocycles. The minimum absolute atomic E-state index is 0.0614. The fourth-order valence-corrected chi connectivity index (χ4v) is 1.48. The summed E-state index contributed by atoms with van der Waals surface area (Å²) in [5.41, 5.74) is -0.443. The molecular weight excluding hydrogens is 228 g/mol. The highest BCUT2D eigenvalue weighted by Crippen LogP contribution is 2.07. The Balaban J connectivity index is 3.91. The van der Waals surface area contributed by atoms with Crippen LogP contribution in [0.3, 0.4) is 0 Å². The normalized spacial score (nSPS) is 16.8. The van der Waals surface area contributed by atoms with Gasteiger partial charge in [-0.15, -0.1) is 0 Å². The highest BCUT2D eigenvalue weighted by atomic mass is 16.6. The average Bonchev–Trinajstić information content (AvgIpc) is 2.21. The first-order valence-electron chi connectivity index (χ1n) is 6.88. The molecule has 0 saturated carbocycles. The number of amides is 1. The summed E-state index contributed by atoms with van der Waals surface area (Å²) < 4.78 is 5.21. The van der Waals surface area contributed by atoms with Crippen LogP contribution in [0.2, 0.25) is 0 Å². The van der Waals surface area contributed by atoms with Crippen LogP contribution in [0.25, 0.3) is 0 Å². The summed E-state index contributed by atoms with van der Waals surface area (Å²) >= 11 is 0. The summed E-state index contributed by atoms with van der Waals surface area (Å²) in [4.78, 5) is 11.5. The van der Waals surface area contributed by atoms with Crippen LogP contribution in [0.1, 0.15) is 54.9 Å². The Morgan fingerprint density at radius 1 is 1.22 bits per heavy atom. The molecule has 0 heterocycles. The van der Waals surface area contributed by atoms with Gasteiger partial charge in [0, 0.05) is 18.6 Å². The highest BCUT2D eigenvalue weighted by molar-refractivity contribution is 5.68. The molecule has 2 N–H and O–H groups in total. The van der Waals surface area contributed by atoms with E-state index in [1.54, 1.807) is 0 Å². The highest BCUT2D eigenvalue weighted by Gasteiger charge is 2.18. The molecule has 3 unspecified atom stereocenters. The third-order valence-corrected chi connectivity index (χ3v) is 3.01. The minimum atomic E-state index is -0.443. The molecule has 0 radical (unpaired) electrons. The van der Waals surface area contributed by atoms with Crippen molar-refractivity contribution in [3.63, 3.8) is 0 Å². The van der Waals surface area contributed by atoms with E-state index in [1.165, 1.54) is 0 Å². The van der Waals surface area contributed by atoms with E-state index in [9.17, 15) is 4.79 Å². The second kappa shape index (κ2) is 7.62. The summed E-state index contributed by atoms with van der Waals surface area (Å²) in [6.07, 6.45) is 0.801. The minimum Gasteiger partial charge on any atom is -0.444 e. The maximum atomic E-state index is 11.5. The summed E-state index contributed by atoms with van der Waals surface area (Å²) in [6, 6.07) is 0.518. The summed E-state index contributed by atoms with van der Waals surface area (Å²) in [5, 5.41) is 6.26. The maximum absolute atomic E-state index is 11.5. The van der Waals surface area contributed by atoms with E-state index >= 15 is 0 Å².